The van der Waals surface area contributed by atoms with Crippen molar-refractivity contribution >= 4 is 27.5 Å². The maximum absolute atomic E-state index is 11.0. The molecule has 136 valence electrons. The minimum Gasteiger partial charge on any atom is -0.385 e. The molecule has 3 heterocycles. The third-order valence-corrected chi connectivity index (χ3v) is 6.18. The SMILES string of the molecule is CC(C)(O)c1nc2c(N3CCC(O)(c4ccccc4)CC3)ncnc2s1. The fourth-order valence-electron chi connectivity index (χ4n) is 3.36. The van der Waals surface area contributed by atoms with Gasteiger partial charge in [0, 0.05) is 13.1 Å². The van der Waals surface area contributed by atoms with E-state index in [9.17, 15) is 10.2 Å². The van der Waals surface area contributed by atoms with Gasteiger partial charge in [-0.25, -0.2) is 15.0 Å². The molecular weight excluding hydrogens is 348 g/mol. The van der Waals surface area contributed by atoms with Crippen molar-refractivity contribution in [2.24, 2.45) is 0 Å². The van der Waals surface area contributed by atoms with Crippen LogP contribution in [-0.2, 0) is 11.2 Å². The Balaban J connectivity index is 1.61. The van der Waals surface area contributed by atoms with E-state index in [0.717, 1.165) is 21.7 Å². The number of anilines is 1. The van der Waals surface area contributed by atoms with Crippen molar-refractivity contribution in [1.29, 1.82) is 0 Å². The Morgan fingerprint density at radius 1 is 1.12 bits per heavy atom. The molecule has 1 aromatic carbocycles. The van der Waals surface area contributed by atoms with E-state index in [1.807, 2.05) is 30.3 Å². The molecule has 3 aromatic rings. The van der Waals surface area contributed by atoms with Crippen LogP contribution >= 0.6 is 11.3 Å². The maximum atomic E-state index is 11.0. The largest absolute Gasteiger partial charge is 0.385 e. The Hall–Kier alpha value is -2.09. The molecule has 0 aliphatic carbocycles. The highest BCUT2D eigenvalue weighted by atomic mass is 32.1. The Kier molecular flexibility index (Phi) is 4.17. The standard InChI is InChI=1S/C19H22N4O2S/c1-18(2,24)17-22-14-15(20-12-21-16(14)26-17)23-10-8-19(25,9-11-23)13-6-4-3-5-7-13/h3-7,12,24-25H,8-11H2,1-2H3. The topological polar surface area (TPSA) is 82.4 Å². The minimum atomic E-state index is -1.00. The Morgan fingerprint density at radius 3 is 2.46 bits per heavy atom. The predicted molar refractivity (Wildman–Crippen MR) is 102 cm³/mol. The highest BCUT2D eigenvalue weighted by Crippen LogP contribution is 2.37. The Labute approximate surface area is 156 Å². The number of thiazole rings is 1. The van der Waals surface area contributed by atoms with Crippen LogP contribution < -0.4 is 4.90 Å². The lowest BCUT2D eigenvalue weighted by molar-refractivity contribution is 0.0117. The van der Waals surface area contributed by atoms with Crippen LogP contribution in [-0.4, -0.2) is 38.3 Å². The molecule has 1 fully saturated rings. The fraction of sp³-hybridized carbons (Fsp3) is 0.421. The monoisotopic (exact) mass is 370 g/mol. The van der Waals surface area contributed by atoms with Gasteiger partial charge in [-0.1, -0.05) is 41.7 Å². The third kappa shape index (κ3) is 3.06. The van der Waals surface area contributed by atoms with Gasteiger partial charge in [-0.05, 0) is 32.3 Å². The van der Waals surface area contributed by atoms with E-state index >= 15 is 0 Å². The molecule has 0 bridgehead atoms. The van der Waals surface area contributed by atoms with Gasteiger partial charge in [0.1, 0.15) is 27.3 Å². The lowest BCUT2D eigenvalue weighted by atomic mass is 9.84. The number of aliphatic hydroxyl groups is 2. The van der Waals surface area contributed by atoms with Gasteiger partial charge in [0.05, 0.1) is 5.60 Å². The van der Waals surface area contributed by atoms with E-state index in [1.165, 1.54) is 11.3 Å². The predicted octanol–water partition coefficient (Wildman–Crippen LogP) is 2.80. The summed E-state index contributed by atoms with van der Waals surface area (Å²) in [4.78, 5) is 16.3. The van der Waals surface area contributed by atoms with Crippen LogP contribution in [0.5, 0.6) is 0 Å². The first kappa shape index (κ1) is 17.3. The summed E-state index contributed by atoms with van der Waals surface area (Å²) in [5.74, 6) is 0.775. The van der Waals surface area contributed by atoms with Gasteiger partial charge in [-0.2, -0.15) is 0 Å². The molecule has 0 saturated carbocycles. The summed E-state index contributed by atoms with van der Waals surface area (Å²) in [6.07, 6.45) is 2.80. The van der Waals surface area contributed by atoms with Crippen LogP contribution in [0.15, 0.2) is 36.7 Å². The highest BCUT2D eigenvalue weighted by molar-refractivity contribution is 7.18. The number of nitrogens with zero attached hydrogens (tertiary/aromatic N) is 4. The van der Waals surface area contributed by atoms with Crippen LogP contribution in [0.3, 0.4) is 0 Å². The molecule has 1 saturated heterocycles. The first-order valence-electron chi connectivity index (χ1n) is 8.74. The van der Waals surface area contributed by atoms with Crippen molar-refractivity contribution in [3.63, 3.8) is 0 Å². The molecular formula is C19H22N4O2S. The second-order valence-corrected chi connectivity index (χ2v) is 8.29. The van der Waals surface area contributed by atoms with Gasteiger partial charge in [-0.3, -0.25) is 0 Å². The molecule has 26 heavy (non-hydrogen) atoms. The molecule has 7 heteroatoms. The summed E-state index contributed by atoms with van der Waals surface area (Å²) in [5.41, 5.74) is -0.118. The number of piperidine rings is 1. The van der Waals surface area contributed by atoms with Crippen molar-refractivity contribution in [2.75, 3.05) is 18.0 Å². The van der Waals surface area contributed by atoms with Gasteiger partial charge in [0.15, 0.2) is 5.82 Å². The average Bonchev–Trinajstić information content (AvgIpc) is 3.08. The normalized spacial score (nSPS) is 17.6. The lowest BCUT2D eigenvalue weighted by Crippen LogP contribution is -2.43. The van der Waals surface area contributed by atoms with Gasteiger partial charge in [0.2, 0.25) is 0 Å². The lowest BCUT2D eigenvalue weighted by Gasteiger charge is -2.39. The van der Waals surface area contributed by atoms with Crippen LogP contribution in [0.25, 0.3) is 10.3 Å². The molecule has 0 atom stereocenters. The number of fused-ring (bicyclic) bond motifs is 1. The first-order chi connectivity index (χ1) is 12.4. The van der Waals surface area contributed by atoms with Crippen LogP contribution in [0, 0.1) is 0 Å². The van der Waals surface area contributed by atoms with Crippen molar-refractivity contribution in [3.05, 3.63) is 47.2 Å². The summed E-state index contributed by atoms with van der Waals surface area (Å²) in [6, 6.07) is 9.84. The van der Waals surface area contributed by atoms with Crippen molar-refractivity contribution in [3.8, 4) is 0 Å². The van der Waals surface area contributed by atoms with Gasteiger partial charge < -0.3 is 15.1 Å². The van der Waals surface area contributed by atoms with Crippen LogP contribution in [0.1, 0.15) is 37.3 Å². The van der Waals surface area contributed by atoms with Crippen molar-refractivity contribution < 1.29 is 10.2 Å². The zero-order valence-corrected chi connectivity index (χ0v) is 15.7. The molecule has 1 aliphatic rings. The summed E-state index contributed by atoms with van der Waals surface area (Å²) in [7, 11) is 0. The van der Waals surface area contributed by atoms with E-state index in [2.05, 4.69) is 19.9 Å². The van der Waals surface area contributed by atoms with Crippen LogP contribution in [0.4, 0.5) is 5.82 Å². The fourth-order valence-corrected chi connectivity index (χ4v) is 4.26. The maximum Gasteiger partial charge on any atom is 0.159 e. The number of rotatable bonds is 3. The van der Waals surface area contributed by atoms with Gasteiger partial charge >= 0.3 is 0 Å². The van der Waals surface area contributed by atoms with E-state index in [-0.39, 0.29) is 0 Å². The zero-order valence-electron chi connectivity index (χ0n) is 14.9. The molecule has 2 N–H and O–H groups in total. The quantitative estimate of drug-likeness (QED) is 0.738. The third-order valence-electron chi connectivity index (χ3n) is 4.90. The molecule has 1 aliphatic heterocycles. The van der Waals surface area contributed by atoms with E-state index in [4.69, 9.17) is 0 Å². The van der Waals surface area contributed by atoms with E-state index < -0.39 is 11.2 Å². The molecule has 4 rings (SSSR count). The second kappa shape index (κ2) is 6.26. The van der Waals surface area contributed by atoms with E-state index in [0.29, 0.717) is 30.9 Å². The van der Waals surface area contributed by atoms with Crippen molar-refractivity contribution in [1.82, 2.24) is 15.0 Å². The zero-order chi connectivity index (χ0) is 18.4. The molecule has 0 radical (unpaired) electrons. The first-order valence-corrected chi connectivity index (χ1v) is 9.56. The summed E-state index contributed by atoms with van der Waals surface area (Å²) in [5, 5.41) is 21.9. The second-order valence-electron chi connectivity index (χ2n) is 7.31. The molecule has 0 unspecified atom stereocenters. The van der Waals surface area contributed by atoms with E-state index in [1.54, 1.807) is 20.2 Å². The number of benzene rings is 1. The van der Waals surface area contributed by atoms with Gasteiger partial charge in [-0.15, -0.1) is 0 Å². The summed E-state index contributed by atoms with van der Waals surface area (Å²) >= 11 is 1.39. The molecule has 0 amide bonds. The summed E-state index contributed by atoms with van der Waals surface area (Å²) < 4.78 is 0. The highest BCUT2D eigenvalue weighted by Gasteiger charge is 2.35. The minimum absolute atomic E-state index is 0.630. The van der Waals surface area contributed by atoms with Crippen molar-refractivity contribution in [2.45, 2.75) is 37.9 Å². The van der Waals surface area contributed by atoms with Gasteiger partial charge in [0.25, 0.3) is 0 Å². The smallest absolute Gasteiger partial charge is 0.159 e. The summed E-state index contributed by atoms with van der Waals surface area (Å²) in [6.45, 7) is 4.82. The molecule has 6 nitrogen and oxygen atoms in total. The molecule has 2 aromatic heterocycles. The Morgan fingerprint density at radius 2 is 1.81 bits per heavy atom. The Bertz CT molecular complexity index is 912. The molecule has 0 spiro atoms. The number of aromatic nitrogens is 3. The number of hydrogen-bond acceptors (Lipinski definition) is 7. The number of hydrogen-bond donors (Lipinski definition) is 2. The van der Waals surface area contributed by atoms with Crippen LogP contribution in [0.2, 0.25) is 0 Å². The average molecular weight is 370 g/mol.